The predicted octanol–water partition coefficient (Wildman–Crippen LogP) is 4.22. The molecule has 2 aromatic carbocycles. The summed E-state index contributed by atoms with van der Waals surface area (Å²) in [5.41, 5.74) is 1.63. The van der Waals surface area contributed by atoms with E-state index in [0.717, 1.165) is 5.56 Å². The van der Waals surface area contributed by atoms with E-state index in [1.54, 1.807) is 18.2 Å². The molecule has 0 unspecified atom stereocenters. The normalized spacial score (nSPS) is 10.4. The molecule has 0 fully saturated rings. The lowest BCUT2D eigenvalue weighted by Crippen LogP contribution is -2.08. The van der Waals surface area contributed by atoms with Crippen LogP contribution < -0.4 is 4.74 Å². The van der Waals surface area contributed by atoms with E-state index in [-0.39, 0.29) is 22.8 Å². The average Bonchev–Trinajstić information content (AvgIpc) is 2.42. The van der Waals surface area contributed by atoms with Crippen molar-refractivity contribution in [3.05, 3.63) is 63.9 Å². The van der Waals surface area contributed by atoms with Gasteiger partial charge in [-0.15, -0.1) is 0 Å². The van der Waals surface area contributed by atoms with Crippen LogP contribution in [0.15, 0.2) is 36.4 Å². The van der Waals surface area contributed by atoms with Crippen molar-refractivity contribution in [2.75, 3.05) is 7.11 Å². The first kappa shape index (κ1) is 14.5. The number of carbonyl (C=O) groups is 1. The molecule has 0 aromatic heterocycles. The van der Waals surface area contributed by atoms with Gasteiger partial charge in [0.25, 0.3) is 0 Å². The molecule has 0 saturated heterocycles. The van der Waals surface area contributed by atoms with Crippen LogP contribution in [0.1, 0.15) is 21.5 Å². The second-order valence-electron chi connectivity index (χ2n) is 4.50. The Hall–Kier alpha value is -1.87. The van der Waals surface area contributed by atoms with Gasteiger partial charge in [-0.25, -0.2) is 4.39 Å². The van der Waals surface area contributed by atoms with Gasteiger partial charge in [-0.3, -0.25) is 4.79 Å². The zero-order valence-corrected chi connectivity index (χ0v) is 12.0. The number of benzene rings is 2. The number of methoxy groups -OCH3 is 1. The molecule has 2 nitrogen and oxygen atoms in total. The molecule has 20 heavy (non-hydrogen) atoms. The number of aryl methyl sites for hydroxylation is 1. The summed E-state index contributed by atoms with van der Waals surface area (Å²) in [4.78, 5) is 12.3. The minimum atomic E-state index is -0.475. The molecule has 0 atom stereocenters. The highest BCUT2D eigenvalue weighted by molar-refractivity contribution is 6.31. The first-order valence-electron chi connectivity index (χ1n) is 6.13. The molecule has 0 aliphatic carbocycles. The van der Waals surface area contributed by atoms with Gasteiger partial charge in [-0.1, -0.05) is 23.7 Å². The van der Waals surface area contributed by atoms with Gasteiger partial charge >= 0.3 is 0 Å². The van der Waals surface area contributed by atoms with Crippen molar-refractivity contribution in [3.8, 4) is 5.75 Å². The highest BCUT2D eigenvalue weighted by Gasteiger charge is 2.16. The summed E-state index contributed by atoms with van der Waals surface area (Å²) in [5, 5.41) is 0.254. The zero-order chi connectivity index (χ0) is 14.7. The van der Waals surface area contributed by atoms with Crippen molar-refractivity contribution < 1.29 is 13.9 Å². The van der Waals surface area contributed by atoms with Crippen molar-refractivity contribution >= 4 is 17.4 Å². The van der Waals surface area contributed by atoms with Crippen molar-refractivity contribution in [1.29, 1.82) is 0 Å². The van der Waals surface area contributed by atoms with Crippen LogP contribution in [-0.4, -0.2) is 12.9 Å². The lowest BCUT2D eigenvalue weighted by molar-refractivity contribution is 0.0989. The molecular formula is C16H14ClFO2. The Bertz CT molecular complexity index is 633. The lowest BCUT2D eigenvalue weighted by atomic mass is 10.0. The van der Waals surface area contributed by atoms with E-state index in [4.69, 9.17) is 16.3 Å². The van der Waals surface area contributed by atoms with Gasteiger partial charge in [0, 0.05) is 17.0 Å². The third-order valence-electron chi connectivity index (χ3n) is 3.06. The van der Waals surface area contributed by atoms with E-state index in [2.05, 4.69) is 0 Å². The monoisotopic (exact) mass is 292 g/mol. The summed E-state index contributed by atoms with van der Waals surface area (Å²) in [6.07, 6.45) is -0.0923. The van der Waals surface area contributed by atoms with Gasteiger partial charge in [-0.2, -0.15) is 0 Å². The third-order valence-corrected chi connectivity index (χ3v) is 3.41. The highest BCUT2D eigenvalue weighted by atomic mass is 35.5. The minimum absolute atomic E-state index is 0.0923. The van der Waals surface area contributed by atoms with E-state index in [1.165, 1.54) is 19.2 Å². The Morgan fingerprint density at radius 2 is 2.05 bits per heavy atom. The molecular weight excluding hydrogens is 279 g/mol. The Kier molecular flexibility index (Phi) is 4.40. The number of ether oxygens (including phenoxy) is 1. The van der Waals surface area contributed by atoms with E-state index in [0.29, 0.717) is 11.3 Å². The van der Waals surface area contributed by atoms with Crippen LogP contribution in [0.4, 0.5) is 4.39 Å². The predicted molar refractivity (Wildman–Crippen MR) is 77.2 cm³/mol. The second-order valence-corrected chi connectivity index (χ2v) is 4.91. The van der Waals surface area contributed by atoms with Crippen molar-refractivity contribution in [2.45, 2.75) is 13.3 Å². The number of rotatable bonds is 4. The van der Waals surface area contributed by atoms with E-state index in [9.17, 15) is 9.18 Å². The Morgan fingerprint density at radius 1 is 1.30 bits per heavy atom. The molecule has 2 rings (SSSR count). The Labute approximate surface area is 122 Å². The average molecular weight is 293 g/mol. The van der Waals surface area contributed by atoms with Crippen LogP contribution in [0, 0.1) is 12.7 Å². The molecule has 0 bridgehead atoms. The van der Waals surface area contributed by atoms with E-state index in [1.807, 2.05) is 13.0 Å². The van der Waals surface area contributed by atoms with Gasteiger partial charge in [-0.05, 0) is 36.8 Å². The van der Waals surface area contributed by atoms with Gasteiger partial charge in [0.05, 0.1) is 12.7 Å². The standard InChI is InChI=1S/C16H14ClFO2/c1-10-6-7-11(16(8-10)20-2)15(19)9-12-13(17)4-3-5-14(12)18/h3-8H,9H2,1-2H3. The number of hydrogen-bond donors (Lipinski definition) is 0. The fourth-order valence-electron chi connectivity index (χ4n) is 1.99. The molecule has 0 radical (unpaired) electrons. The fourth-order valence-corrected chi connectivity index (χ4v) is 2.22. The van der Waals surface area contributed by atoms with Gasteiger partial charge in [0.2, 0.25) is 0 Å². The van der Waals surface area contributed by atoms with Crippen molar-refractivity contribution in [2.24, 2.45) is 0 Å². The van der Waals surface area contributed by atoms with Crippen molar-refractivity contribution in [3.63, 3.8) is 0 Å². The molecule has 0 spiro atoms. The molecule has 0 heterocycles. The van der Waals surface area contributed by atoms with Crippen LogP contribution in [-0.2, 0) is 6.42 Å². The van der Waals surface area contributed by atoms with Crippen LogP contribution in [0.5, 0.6) is 5.75 Å². The summed E-state index contributed by atoms with van der Waals surface area (Å²) >= 11 is 5.94. The molecule has 0 aliphatic heterocycles. The molecule has 0 saturated carbocycles. The first-order chi connectivity index (χ1) is 9.52. The number of ketones is 1. The van der Waals surface area contributed by atoms with Gasteiger partial charge < -0.3 is 4.74 Å². The van der Waals surface area contributed by atoms with Crippen LogP contribution in [0.3, 0.4) is 0 Å². The molecule has 2 aromatic rings. The first-order valence-corrected chi connectivity index (χ1v) is 6.51. The molecule has 4 heteroatoms. The largest absolute Gasteiger partial charge is 0.496 e. The van der Waals surface area contributed by atoms with E-state index >= 15 is 0 Å². The van der Waals surface area contributed by atoms with E-state index < -0.39 is 5.82 Å². The smallest absolute Gasteiger partial charge is 0.171 e. The lowest BCUT2D eigenvalue weighted by Gasteiger charge is -2.10. The number of hydrogen-bond acceptors (Lipinski definition) is 2. The zero-order valence-electron chi connectivity index (χ0n) is 11.2. The molecule has 0 amide bonds. The molecule has 0 N–H and O–H groups in total. The highest BCUT2D eigenvalue weighted by Crippen LogP contribution is 2.25. The summed E-state index contributed by atoms with van der Waals surface area (Å²) in [5.74, 6) is -0.215. The Morgan fingerprint density at radius 3 is 2.70 bits per heavy atom. The van der Waals surface area contributed by atoms with Gasteiger partial charge in [0.1, 0.15) is 11.6 Å². The minimum Gasteiger partial charge on any atom is -0.496 e. The second kappa shape index (κ2) is 6.06. The van der Waals surface area contributed by atoms with Crippen molar-refractivity contribution in [1.82, 2.24) is 0 Å². The number of carbonyl (C=O) groups excluding carboxylic acids is 1. The summed E-state index contributed by atoms with van der Waals surface area (Å²) in [7, 11) is 1.50. The number of Topliss-reactive ketones (excluding diaryl/α,β-unsaturated/α-hetero) is 1. The summed E-state index contributed by atoms with van der Waals surface area (Å²) in [6.45, 7) is 1.91. The third kappa shape index (κ3) is 2.99. The topological polar surface area (TPSA) is 26.3 Å². The summed E-state index contributed by atoms with van der Waals surface area (Å²) in [6, 6.07) is 9.65. The maximum absolute atomic E-state index is 13.7. The Balaban J connectivity index is 2.33. The van der Waals surface area contributed by atoms with Crippen LogP contribution >= 0.6 is 11.6 Å². The van der Waals surface area contributed by atoms with Crippen LogP contribution in [0.25, 0.3) is 0 Å². The molecule has 0 aliphatic rings. The maximum Gasteiger partial charge on any atom is 0.171 e. The summed E-state index contributed by atoms with van der Waals surface area (Å²) < 4.78 is 18.9. The quantitative estimate of drug-likeness (QED) is 0.789. The number of halogens is 2. The SMILES string of the molecule is COc1cc(C)ccc1C(=O)Cc1c(F)cccc1Cl. The van der Waals surface area contributed by atoms with Gasteiger partial charge in [0.15, 0.2) is 5.78 Å². The fraction of sp³-hybridized carbons (Fsp3) is 0.188. The maximum atomic E-state index is 13.7. The van der Waals surface area contributed by atoms with Crippen LogP contribution in [0.2, 0.25) is 5.02 Å². The molecule has 104 valence electrons.